The van der Waals surface area contributed by atoms with Gasteiger partial charge in [-0.05, 0) is 24.6 Å². The zero-order valence-electron chi connectivity index (χ0n) is 9.78. The first-order valence-electron chi connectivity index (χ1n) is 5.44. The molecule has 1 aromatic rings. The van der Waals surface area contributed by atoms with Crippen LogP contribution in [0.1, 0.15) is 18.5 Å². The molecule has 1 aromatic carbocycles. The summed E-state index contributed by atoms with van der Waals surface area (Å²) in [6, 6.07) is 8.40. The van der Waals surface area contributed by atoms with Gasteiger partial charge in [-0.3, -0.25) is 4.79 Å². The van der Waals surface area contributed by atoms with E-state index in [2.05, 4.69) is 40.3 Å². The van der Waals surface area contributed by atoms with E-state index in [-0.39, 0.29) is 12.6 Å². The minimum absolute atomic E-state index is 0.0195. The van der Waals surface area contributed by atoms with E-state index in [0.29, 0.717) is 13.2 Å². The summed E-state index contributed by atoms with van der Waals surface area (Å²) in [6.45, 7) is 3.22. The first-order chi connectivity index (χ1) is 8.09. The smallest absolute Gasteiger partial charge is 0.243 e. The van der Waals surface area contributed by atoms with Gasteiger partial charge in [-0.1, -0.05) is 28.1 Å². The van der Waals surface area contributed by atoms with E-state index in [1.54, 1.807) is 0 Å². The highest BCUT2D eigenvalue weighted by atomic mass is 79.9. The maximum Gasteiger partial charge on any atom is 0.243 e. The second-order valence-corrected chi connectivity index (χ2v) is 4.66. The highest BCUT2D eigenvalue weighted by molar-refractivity contribution is 9.10. The molecule has 1 amide bonds. The summed E-state index contributed by atoms with van der Waals surface area (Å²) >= 11 is 3.40. The Bertz CT molecular complexity index is 354. The second-order valence-electron chi connectivity index (χ2n) is 3.75. The van der Waals surface area contributed by atoms with Crippen LogP contribution in [0.5, 0.6) is 0 Å². The van der Waals surface area contributed by atoms with Gasteiger partial charge in [0.25, 0.3) is 0 Å². The molecular weight excluding hydrogens is 284 g/mol. The molecule has 3 N–H and O–H groups in total. The van der Waals surface area contributed by atoms with Gasteiger partial charge in [-0.25, -0.2) is 0 Å². The fraction of sp³-hybridized carbons (Fsp3) is 0.417. The summed E-state index contributed by atoms with van der Waals surface area (Å²) in [6.07, 6.45) is 0. The minimum Gasteiger partial charge on any atom is -0.370 e. The molecule has 0 aliphatic heterocycles. The van der Waals surface area contributed by atoms with E-state index >= 15 is 0 Å². The standard InChI is InChI=1S/C12H17BrN2O2/c1-9(10-2-4-11(13)5-3-10)15-6-7-17-8-12(14)16/h2-5,9,15H,6-8H2,1H3,(H2,14,16). The summed E-state index contributed by atoms with van der Waals surface area (Å²) < 4.78 is 6.12. The lowest BCUT2D eigenvalue weighted by atomic mass is 10.1. The third-order valence-electron chi connectivity index (χ3n) is 2.31. The molecule has 1 unspecified atom stereocenters. The summed E-state index contributed by atoms with van der Waals surface area (Å²) in [5.74, 6) is -0.439. The number of benzene rings is 1. The summed E-state index contributed by atoms with van der Waals surface area (Å²) in [5.41, 5.74) is 6.16. The Balaban J connectivity index is 2.23. The molecule has 17 heavy (non-hydrogen) atoms. The quantitative estimate of drug-likeness (QED) is 0.752. The van der Waals surface area contributed by atoms with Crippen molar-refractivity contribution < 1.29 is 9.53 Å². The summed E-state index contributed by atoms with van der Waals surface area (Å²) in [4.78, 5) is 10.4. The van der Waals surface area contributed by atoms with Crippen LogP contribution in [0.15, 0.2) is 28.7 Å². The Hall–Kier alpha value is -0.910. The van der Waals surface area contributed by atoms with Crippen LogP contribution in [-0.4, -0.2) is 25.7 Å². The number of carbonyl (C=O) groups is 1. The molecule has 0 aromatic heterocycles. The van der Waals surface area contributed by atoms with Crippen molar-refractivity contribution in [2.24, 2.45) is 5.73 Å². The highest BCUT2D eigenvalue weighted by Gasteiger charge is 2.03. The van der Waals surface area contributed by atoms with Crippen molar-refractivity contribution >= 4 is 21.8 Å². The molecule has 0 heterocycles. The molecule has 1 rings (SSSR count). The molecule has 0 bridgehead atoms. The van der Waals surface area contributed by atoms with Crippen LogP contribution in [0.3, 0.4) is 0 Å². The number of nitrogens with two attached hydrogens (primary N) is 1. The van der Waals surface area contributed by atoms with Gasteiger partial charge in [0.15, 0.2) is 0 Å². The van der Waals surface area contributed by atoms with Crippen LogP contribution in [-0.2, 0) is 9.53 Å². The fourth-order valence-corrected chi connectivity index (χ4v) is 1.65. The number of primary amides is 1. The van der Waals surface area contributed by atoms with Crippen LogP contribution in [0, 0.1) is 0 Å². The molecular formula is C12H17BrN2O2. The van der Waals surface area contributed by atoms with Crippen LogP contribution >= 0.6 is 15.9 Å². The monoisotopic (exact) mass is 300 g/mol. The average molecular weight is 301 g/mol. The second kappa shape index (κ2) is 7.42. The third kappa shape index (κ3) is 5.81. The Morgan fingerprint density at radius 1 is 1.47 bits per heavy atom. The van der Waals surface area contributed by atoms with Gasteiger partial charge in [-0.15, -0.1) is 0 Å². The number of halogens is 1. The molecule has 0 aliphatic rings. The zero-order valence-corrected chi connectivity index (χ0v) is 11.4. The van der Waals surface area contributed by atoms with Crippen molar-refractivity contribution in [3.05, 3.63) is 34.3 Å². The van der Waals surface area contributed by atoms with E-state index in [0.717, 1.165) is 4.47 Å². The van der Waals surface area contributed by atoms with Crippen LogP contribution in [0.25, 0.3) is 0 Å². The Morgan fingerprint density at radius 2 is 2.12 bits per heavy atom. The van der Waals surface area contributed by atoms with Gasteiger partial charge in [-0.2, -0.15) is 0 Å². The summed E-state index contributed by atoms with van der Waals surface area (Å²) in [7, 11) is 0. The number of amides is 1. The Kier molecular flexibility index (Phi) is 6.18. The lowest BCUT2D eigenvalue weighted by Crippen LogP contribution is -2.25. The van der Waals surface area contributed by atoms with Crippen molar-refractivity contribution in [3.63, 3.8) is 0 Å². The predicted octanol–water partition coefficient (Wildman–Crippen LogP) is 1.60. The van der Waals surface area contributed by atoms with Crippen molar-refractivity contribution in [1.82, 2.24) is 5.32 Å². The molecule has 0 radical (unpaired) electrons. The molecule has 94 valence electrons. The van der Waals surface area contributed by atoms with Gasteiger partial charge in [0, 0.05) is 17.1 Å². The van der Waals surface area contributed by atoms with Crippen molar-refractivity contribution in [3.8, 4) is 0 Å². The number of ether oxygens (including phenoxy) is 1. The lowest BCUT2D eigenvalue weighted by Gasteiger charge is -2.14. The minimum atomic E-state index is -0.439. The maximum absolute atomic E-state index is 10.4. The SMILES string of the molecule is CC(NCCOCC(N)=O)c1ccc(Br)cc1. The highest BCUT2D eigenvalue weighted by Crippen LogP contribution is 2.16. The number of carbonyl (C=O) groups excluding carboxylic acids is 1. The van der Waals surface area contributed by atoms with Gasteiger partial charge in [0.05, 0.1) is 6.61 Å². The number of rotatable bonds is 7. The Morgan fingerprint density at radius 3 is 2.71 bits per heavy atom. The maximum atomic E-state index is 10.4. The van der Waals surface area contributed by atoms with Crippen molar-refractivity contribution in [1.29, 1.82) is 0 Å². The van der Waals surface area contributed by atoms with Crippen molar-refractivity contribution in [2.75, 3.05) is 19.8 Å². The van der Waals surface area contributed by atoms with E-state index < -0.39 is 5.91 Å². The van der Waals surface area contributed by atoms with Gasteiger partial charge >= 0.3 is 0 Å². The van der Waals surface area contributed by atoms with E-state index in [1.807, 2.05) is 12.1 Å². The molecule has 5 heteroatoms. The molecule has 1 atom stereocenters. The largest absolute Gasteiger partial charge is 0.370 e. The molecule has 0 saturated heterocycles. The lowest BCUT2D eigenvalue weighted by molar-refractivity contribution is -0.122. The molecule has 0 saturated carbocycles. The molecule has 4 nitrogen and oxygen atoms in total. The predicted molar refractivity (Wildman–Crippen MR) is 70.6 cm³/mol. The van der Waals surface area contributed by atoms with Crippen molar-refractivity contribution in [2.45, 2.75) is 13.0 Å². The molecule has 0 aliphatic carbocycles. The van der Waals surface area contributed by atoms with E-state index in [9.17, 15) is 4.79 Å². The van der Waals surface area contributed by atoms with Gasteiger partial charge < -0.3 is 15.8 Å². The van der Waals surface area contributed by atoms with Gasteiger partial charge in [0.2, 0.25) is 5.91 Å². The van der Waals surface area contributed by atoms with E-state index in [1.165, 1.54) is 5.56 Å². The first-order valence-corrected chi connectivity index (χ1v) is 6.24. The topological polar surface area (TPSA) is 64.3 Å². The third-order valence-corrected chi connectivity index (χ3v) is 2.84. The zero-order chi connectivity index (χ0) is 12.7. The Labute approximate surface area is 110 Å². The fourth-order valence-electron chi connectivity index (χ4n) is 1.39. The molecule has 0 fully saturated rings. The number of hydrogen-bond acceptors (Lipinski definition) is 3. The number of hydrogen-bond donors (Lipinski definition) is 2. The summed E-state index contributed by atoms with van der Waals surface area (Å²) in [5, 5.41) is 3.30. The van der Waals surface area contributed by atoms with Crippen LogP contribution in [0.4, 0.5) is 0 Å². The molecule has 0 spiro atoms. The normalized spacial score (nSPS) is 12.4. The van der Waals surface area contributed by atoms with Gasteiger partial charge in [0.1, 0.15) is 6.61 Å². The van der Waals surface area contributed by atoms with Crippen LogP contribution in [0.2, 0.25) is 0 Å². The first kappa shape index (κ1) is 14.2. The van der Waals surface area contributed by atoms with Crippen LogP contribution < -0.4 is 11.1 Å². The number of nitrogens with one attached hydrogen (secondary N) is 1. The van der Waals surface area contributed by atoms with E-state index in [4.69, 9.17) is 10.5 Å². The average Bonchev–Trinajstić information content (AvgIpc) is 2.29.